The number of methoxy groups -OCH3 is 3. The zero-order valence-electron chi connectivity index (χ0n) is 29.2. The first kappa shape index (κ1) is 37.2. The van der Waals surface area contributed by atoms with Crippen LogP contribution in [0.3, 0.4) is 0 Å². The van der Waals surface area contributed by atoms with Crippen molar-refractivity contribution in [1.82, 2.24) is 5.32 Å². The first-order valence-corrected chi connectivity index (χ1v) is 18.3. The van der Waals surface area contributed by atoms with E-state index < -0.39 is 23.0 Å². The molecule has 1 heterocycles. The number of nitrogens with one attached hydrogen (secondary N) is 3. The Labute approximate surface area is 306 Å². The zero-order chi connectivity index (χ0) is 36.5. The number of ether oxygens (including phenoxy) is 3. The molecule has 4 aromatic rings. The van der Waals surface area contributed by atoms with E-state index in [0.29, 0.717) is 51.2 Å². The number of anilines is 2. The van der Waals surface area contributed by atoms with Crippen LogP contribution < -0.4 is 25.4 Å². The number of rotatable bonds is 13. The molecule has 0 spiro atoms. The van der Waals surface area contributed by atoms with Gasteiger partial charge in [-0.05, 0) is 79.6 Å². The monoisotopic (exact) mass is 727 g/mol. The number of thiophene rings is 1. The van der Waals surface area contributed by atoms with E-state index in [0.717, 1.165) is 34.6 Å². The van der Waals surface area contributed by atoms with Crippen molar-refractivity contribution in [2.75, 3.05) is 32.0 Å². The van der Waals surface area contributed by atoms with Gasteiger partial charge in [0.25, 0.3) is 11.8 Å². The van der Waals surface area contributed by atoms with Crippen molar-refractivity contribution in [3.05, 3.63) is 106 Å². The lowest BCUT2D eigenvalue weighted by Crippen LogP contribution is -2.30. The van der Waals surface area contributed by atoms with E-state index in [9.17, 15) is 19.2 Å². The lowest BCUT2D eigenvalue weighted by molar-refractivity contribution is -0.116. The third-order valence-electron chi connectivity index (χ3n) is 8.43. The van der Waals surface area contributed by atoms with Gasteiger partial charge in [-0.15, -0.1) is 23.1 Å². The number of carbonyl (C=O) groups is 4. The minimum atomic E-state index is -0.567. The molecule has 0 aliphatic heterocycles. The summed E-state index contributed by atoms with van der Waals surface area (Å²) in [6.07, 6.45) is 4.66. The van der Waals surface area contributed by atoms with Crippen molar-refractivity contribution in [2.45, 2.75) is 49.7 Å². The number of hydrogen-bond donors (Lipinski definition) is 3. The van der Waals surface area contributed by atoms with E-state index in [1.54, 1.807) is 66.7 Å². The third-order valence-corrected chi connectivity index (χ3v) is 11.0. The van der Waals surface area contributed by atoms with Gasteiger partial charge in [-0.3, -0.25) is 14.4 Å². The minimum Gasteiger partial charge on any atom is -0.493 e. The van der Waals surface area contributed by atoms with Crippen LogP contribution in [0.4, 0.5) is 10.7 Å². The van der Waals surface area contributed by atoms with Crippen LogP contribution in [0.25, 0.3) is 6.08 Å². The molecule has 0 saturated carbocycles. The number of hydrogen-bond acceptors (Lipinski definition) is 9. The van der Waals surface area contributed by atoms with Crippen LogP contribution >= 0.6 is 23.1 Å². The highest BCUT2D eigenvalue weighted by atomic mass is 32.2. The molecule has 5 rings (SSSR count). The van der Waals surface area contributed by atoms with Crippen molar-refractivity contribution in [1.29, 1.82) is 0 Å². The Morgan fingerprint density at radius 1 is 0.961 bits per heavy atom. The van der Waals surface area contributed by atoms with E-state index in [2.05, 4.69) is 22.9 Å². The summed E-state index contributed by atoms with van der Waals surface area (Å²) in [5.41, 5.74) is 2.78. The summed E-state index contributed by atoms with van der Waals surface area (Å²) in [7, 11) is 4.37. The SMILES string of the molecule is CCC(Sc1cccc(NC(=O)/C(=C\c2cccc(OC)c2OC)NC(=O)c2ccccc2)c1)C(=O)Nc1sc2c(c1C(=O)OC)CCC(C)C2. The van der Waals surface area contributed by atoms with Crippen molar-refractivity contribution < 1.29 is 33.4 Å². The highest BCUT2D eigenvalue weighted by Crippen LogP contribution is 2.41. The molecule has 12 heteroatoms. The van der Waals surface area contributed by atoms with Gasteiger partial charge in [0.15, 0.2) is 11.5 Å². The summed E-state index contributed by atoms with van der Waals surface area (Å²) >= 11 is 2.80. The summed E-state index contributed by atoms with van der Waals surface area (Å²) < 4.78 is 16.1. The molecule has 2 atom stereocenters. The van der Waals surface area contributed by atoms with Crippen LogP contribution in [0.15, 0.2) is 83.4 Å². The molecule has 3 amide bonds. The molecule has 1 aliphatic carbocycles. The van der Waals surface area contributed by atoms with Gasteiger partial charge in [0.1, 0.15) is 10.7 Å². The average Bonchev–Trinajstić information content (AvgIpc) is 3.49. The maximum atomic E-state index is 13.8. The molecule has 10 nitrogen and oxygen atoms in total. The normalized spacial score (nSPS) is 14.5. The van der Waals surface area contributed by atoms with Gasteiger partial charge in [-0.25, -0.2) is 4.79 Å². The second-order valence-electron chi connectivity index (χ2n) is 12.0. The lowest BCUT2D eigenvalue weighted by atomic mass is 9.88. The van der Waals surface area contributed by atoms with Crippen molar-refractivity contribution in [3.8, 4) is 11.5 Å². The molecule has 0 saturated heterocycles. The fourth-order valence-electron chi connectivity index (χ4n) is 5.80. The number of carbonyl (C=O) groups excluding carboxylic acids is 4. The second-order valence-corrected chi connectivity index (χ2v) is 14.4. The Bertz CT molecular complexity index is 1940. The summed E-state index contributed by atoms with van der Waals surface area (Å²) in [5, 5.41) is 8.69. The molecular formula is C39H41N3O7S2. The first-order chi connectivity index (χ1) is 24.6. The maximum Gasteiger partial charge on any atom is 0.341 e. The van der Waals surface area contributed by atoms with Gasteiger partial charge in [-0.1, -0.05) is 50.2 Å². The number of para-hydroxylation sites is 1. The molecule has 1 aromatic heterocycles. The largest absolute Gasteiger partial charge is 0.493 e. The van der Waals surface area contributed by atoms with Gasteiger partial charge < -0.3 is 30.2 Å². The predicted octanol–water partition coefficient (Wildman–Crippen LogP) is 7.60. The van der Waals surface area contributed by atoms with E-state index in [1.165, 1.54) is 50.5 Å². The van der Waals surface area contributed by atoms with Gasteiger partial charge in [0.2, 0.25) is 5.91 Å². The third kappa shape index (κ3) is 9.00. The van der Waals surface area contributed by atoms with Gasteiger partial charge in [0.05, 0.1) is 32.1 Å². The number of fused-ring (bicyclic) bond motifs is 1. The average molecular weight is 728 g/mol. The quantitative estimate of drug-likeness (QED) is 0.0729. The molecule has 1 aliphatic rings. The van der Waals surface area contributed by atoms with Crippen LogP contribution in [-0.4, -0.2) is 50.3 Å². The fraction of sp³-hybridized carbons (Fsp3) is 0.282. The Balaban J connectivity index is 1.35. The summed E-state index contributed by atoms with van der Waals surface area (Å²) in [4.78, 5) is 55.2. The van der Waals surface area contributed by atoms with Gasteiger partial charge in [0, 0.05) is 26.6 Å². The number of benzene rings is 3. The van der Waals surface area contributed by atoms with Crippen LogP contribution in [0, 0.1) is 5.92 Å². The molecule has 2 unspecified atom stereocenters. The van der Waals surface area contributed by atoms with Crippen molar-refractivity contribution >= 4 is 63.6 Å². The highest BCUT2D eigenvalue weighted by Gasteiger charge is 2.30. The lowest BCUT2D eigenvalue weighted by Gasteiger charge is -2.18. The molecule has 266 valence electrons. The number of amides is 3. The molecule has 3 N–H and O–H groups in total. The summed E-state index contributed by atoms with van der Waals surface area (Å²) in [6.45, 7) is 4.11. The van der Waals surface area contributed by atoms with E-state index in [4.69, 9.17) is 14.2 Å². The molecule has 51 heavy (non-hydrogen) atoms. The Morgan fingerprint density at radius 2 is 1.73 bits per heavy atom. The van der Waals surface area contributed by atoms with Crippen LogP contribution in [0.2, 0.25) is 0 Å². The van der Waals surface area contributed by atoms with E-state index in [1.807, 2.05) is 13.0 Å². The number of thioether (sulfide) groups is 1. The standard InChI is InChI=1S/C39H41N3O7S2/c1-6-31(37(45)42-38-33(39(46)49-5)28-19-18-23(2)20-32(28)51-38)50-27-16-11-15-26(22-27)40-36(44)29(41-35(43)24-12-8-7-9-13-24)21-25-14-10-17-30(47-3)34(25)48-4/h7-17,21-23,31H,6,18-20H2,1-5H3,(H,40,44)(H,41,43)(H,42,45)/b29-21+. The van der Waals surface area contributed by atoms with E-state index >= 15 is 0 Å². The second kappa shape index (κ2) is 17.2. The topological polar surface area (TPSA) is 132 Å². The maximum absolute atomic E-state index is 13.8. The smallest absolute Gasteiger partial charge is 0.341 e. The van der Waals surface area contributed by atoms with Crippen LogP contribution in [-0.2, 0) is 27.2 Å². The Kier molecular flexibility index (Phi) is 12.6. The number of esters is 1. The van der Waals surface area contributed by atoms with Crippen molar-refractivity contribution in [2.24, 2.45) is 5.92 Å². The predicted molar refractivity (Wildman–Crippen MR) is 202 cm³/mol. The highest BCUT2D eigenvalue weighted by molar-refractivity contribution is 8.00. The Morgan fingerprint density at radius 3 is 2.43 bits per heavy atom. The molecule has 3 aromatic carbocycles. The van der Waals surface area contributed by atoms with Crippen LogP contribution in [0.5, 0.6) is 11.5 Å². The Hall–Kier alpha value is -5.07. The van der Waals surface area contributed by atoms with Crippen molar-refractivity contribution in [3.63, 3.8) is 0 Å². The summed E-state index contributed by atoms with van der Waals surface area (Å²) in [5.74, 6) is -0.325. The molecule has 0 radical (unpaired) electrons. The van der Waals surface area contributed by atoms with Crippen LogP contribution in [0.1, 0.15) is 63.4 Å². The first-order valence-electron chi connectivity index (χ1n) is 16.6. The van der Waals surface area contributed by atoms with Gasteiger partial charge >= 0.3 is 5.97 Å². The molecule has 0 bridgehead atoms. The zero-order valence-corrected chi connectivity index (χ0v) is 30.8. The molecule has 0 fully saturated rings. The molecular weight excluding hydrogens is 687 g/mol. The fourth-order valence-corrected chi connectivity index (χ4v) is 8.22. The minimum absolute atomic E-state index is 0.0197. The van der Waals surface area contributed by atoms with E-state index in [-0.39, 0.29) is 11.6 Å². The van der Waals surface area contributed by atoms with Gasteiger partial charge in [-0.2, -0.15) is 0 Å². The summed E-state index contributed by atoms with van der Waals surface area (Å²) in [6, 6.07) is 21.0.